The van der Waals surface area contributed by atoms with Crippen LogP contribution in [0.25, 0.3) is 0 Å². The van der Waals surface area contributed by atoms with Crippen molar-refractivity contribution in [3.8, 4) is 0 Å². The highest BCUT2D eigenvalue weighted by Crippen LogP contribution is 2.21. The molecule has 0 spiro atoms. The lowest BCUT2D eigenvalue weighted by Crippen LogP contribution is -2.04. The second-order valence-electron chi connectivity index (χ2n) is 3.05. The molecule has 0 amide bonds. The Labute approximate surface area is 93.3 Å². The molecule has 0 aliphatic rings. The molecule has 6 heteroatoms. The minimum absolute atomic E-state index is 0.0342. The van der Waals surface area contributed by atoms with Gasteiger partial charge < -0.3 is 5.11 Å². The number of aliphatic hydroxyl groups excluding tert-OH is 1. The molecule has 0 unspecified atom stereocenters. The fourth-order valence-electron chi connectivity index (χ4n) is 1.24. The van der Waals surface area contributed by atoms with Gasteiger partial charge in [-0.25, -0.2) is 0 Å². The zero-order chi connectivity index (χ0) is 11.5. The van der Waals surface area contributed by atoms with Gasteiger partial charge in [0.25, 0.3) is 10.1 Å². The van der Waals surface area contributed by atoms with E-state index < -0.39 is 10.1 Å². The number of aryl methyl sites for hydroxylation is 1. The van der Waals surface area contributed by atoms with Gasteiger partial charge in [-0.15, -0.1) is 0 Å². The Morgan fingerprint density at radius 2 is 2.00 bits per heavy atom. The van der Waals surface area contributed by atoms with Crippen molar-refractivity contribution in [2.75, 3.05) is 6.61 Å². The molecule has 84 valence electrons. The minimum Gasteiger partial charge on any atom is -0.396 e. The topological polar surface area (TPSA) is 74.6 Å². The van der Waals surface area contributed by atoms with Crippen LogP contribution in [0.4, 0.5) is 0 Å². The second kappa shape index (κ2) is 4.94. The highest BCUT2D eigenvalue weighted by Gasteiger charge is 2.15. The van der Waals surface area contributed by atoms with E-state index in [0.29, 0.717) is 18.4 Å². The fourth-order valence-corrected chi connectivity index (χ4v) is 2.26. The van der Waals surface area contributed by atoms with E-state index in [-0.39, 0.29) is 16.5 Å². The maximum absolute atomic E-state index is 11.0. The van der Waals surface area contributed by atoms with E-state index in [1.54, 1.807) is 6.07 Å². The molecule has 1 aromatic rings. The van der Waals surface area contributed by atoms with Crippen LogP contribution in [0, 0.1) is 0 Å². The zero-order valence-electron chi connectivity index (χ0n) is 7.85. The Morgan fingerprint density at radius 3 is 2.53 bits per heavy atom. The summed E-state index contributed by atoms with van der Waals surface area (Å²) in [5.74, 6) is 0. The molecule has 0 aliphatic heterocycles. The van der Waals surface area contributed by atoms with Crippen LogP contribution in [0.15, 0.2) is 23.1 Å². The lowest BCUT2D eigenvalue weighted by molar-refractivity contribution is 0.288. The molecule has 0 saturated carbocycles. The number of halogens is 1. The van der Waals surface area contributed by atoms with E-state index in [9.17, 15) is 8.42 Å². The first-order valence-electron chi connectivity index (χ1n) is 4.32. The maximum atomic E-state index is 11.0. The maximum Gasteiger partial charge on any atom is 0.294 e. The summed E-state index contributed by atoms with van der Waals surface area (Å²) < 4.78 is 31.0. The molecule has 2 N–H and O–H groups in total. The minimum atomic E-state index is -4.25. The smallest absolute Gasteiger partial charge is 0.294 e. The molecule has 1 aromatic carbocycles. The van der Waals surface area contributed by atoms with E-state index >= 15 is 0 Å². The molecule has 0 aromatic heterocycles. The molecule has 0 radical (unpaired) electrons. The van der Waals surface area contributed by atoms with Crippen molar-refractivity contribution in [1.82, 2.24) is 0 Å². The van der Waals surface area contributed by atoms with Gasteiger partial charge in [0, 0.05) is 11.6 Å². The van der Waals surface area contributed by atoms with Crippen LogP contribution in [0.1, 0.15) is 12.0 Å². The number of benzene rings is 1. The van der Waals surface area contributed by atoms with Gasteiger partial charge in [0.1, 0.15) is 0 Å². The van der Waals surface area contributed by atoms with Crippen molar-refractivity contribution in [2.45, 2.75) is 17.7 Å². The summed E-state index contributed by atoms with van der Waals surface area (Å²) in [6, 6.07) is 4.27. The molecule has 0 bridgehead atoms. The van der Waals surface area contributed by atoms with Crippen molar-refractivity contribution >= 4 is 21.7 Å². The van der Waals surface area contributed by atoms with Crippen LogP contribution >= 0.6 is 11.6 Å². The molecule has 0 fully saturated rings. The molecular formula is C9H11ClO4S. The Hall–Kier alpha value is -0.620. The van der Waals surface area contributed by atoms with Gasteiger partial charge in [-0.3, -0.25) is 4.55 Å². The Morgan fingerprint density at radius 1 is 1.33 bits per heavy atom. The van der Waals surface area contributed by atoms with E-state index in [4.69, 9.17) is 21.3 Å². The summed E-state index contributed by atoms with van der Waals surface area (Å²) >= 11 is 5.63. The molecule has 0 aliphatic carbocycles. The average Bonchev–Trinajstić information content (AvgIpc) is 2.14. The summed E-state index contributed by atoms with van der Waals surface area (Å²) in [5, 5.41) is 8.88. The van der Waals surface area contributed by atoms with Crippen molar-refractivity contribution in [3.63, 3.8) is 0 Å². The van der Waals surface area contributed by atoms with Crippen LogP contribution in [-0.4, -0.2) is 24.7 Å². The molecule has 0 saturated heterocycles. The second-order valence-corrected chi connectivity index (χ2v) is 4.88. The lowest BCUT2D eigenvalue weighted by Gasteiger charge is -2.06. The van der Waals surface area contributed by atoms with Crippen molar-refractivity contribution < 1.29 is 18.1 Å². The Balaban J connectivity index is 3.15. The van der Waals surface area contributed by atoms with Gasteiger partial charge in [-0.05, 0) is 30.5 Å². The summed E-state index contributed by atoms with van der Waals surface area (Å²) in [4.78, 5) is -0.191. The normalized spacial score (nSPS) is 11.7. The summed E-state index contributed by atoms with van der Waals surface area (Å²) in [7, 11) is -4.25. The first-order chi connectivity index (χ1) is 6.95. The predicted octanol–water partition coefficient (Wildman–Crippen LogP) is 1.51. The highest BCUT2D eigenvalue weighted by molar-refractivity contribution is 7.85. The lowest BCUT2D eigenvalue weighted by atomic mass is 10.1. The van der Waals surface area contributed by atoms with E-state index in [2.05, 4.69) is 0 Å². The number of aliphatic hydroxyl groups is 1. The van der Waals surface area contributed by atoms with Crippen LogP contribution in [0.2, 0.25) is 5.02 Å². The number of hydrogen-bond donors (Lipinski definition) is 2. The third kappa shape index (κ3) is 3.46. The van der Waals surface area contributed by atoms with Gasteiger partial charge in [0.15, 0.2) is 0 Å². The van der Waals surface area contributed by atoms with E-state index in [1.165, 1.54) is 12.1 Å². The standard InChI is InChI=1S/C9H11ClO4S/c10-8-4-3-7(2-1-5-11)9(6-8)15(12,13)14/h3-4,6,11H,1-2,5H2,(H,12,13,14). The van der Waals surface area contributed by atoms with Gasteiger partial charge in [0.2, 0.25) is 0 Å². The molecule has 4 nitrogen and oxygen atoms in total. The molecule has 1 rings (SSSR count). The summed E-state index contributed by atoms with van der Waals surface area (Å²) in [6.07, 6.45) is 0.812. The van der Waals surface area contributed by atoms with E-state index in [1.807, 2.05) is 0 Å². The first-order valence-corrected chi connectivity index (χ1v) is 6.13. The van der Waals surface area contributed by atoms with Crippen molar-refractivity contribution in [3.05, 3.63) is 28.8 Å². The van der Waals surface area contributed by atoms with Crippen LogP contribution in [-0.2, 0) is 16.5 Å². The van der Waals surface area contributed by atoms with Gasteiger partial charge in [-0.1, -0.05) is 17.7 Å². The third-order valence-electron chi connectivity index (χ3n) is 1.91. The Bertz CT molecular complexity index is 441. The van der Waals surface area contributed by atoms with Crippen LogP contribution < -0.4 is 0 Å². The molecular weight excluding hydrogens is 240 g/mol. The van der Waals surface area contributed by atoms with Crippen LogP contribution in [0.5, 0.6) is 0 Å². The number of hydrogen-bond acceptors (Lipinski definition) is 3. The Kier molecular flexibility index (Phi) is 4.10. The van der Waals surface area contributed by atoms with Gasteiger partial charge in [-0.2, -0.15) is 8.42 Å². The summed E-state index contributed by atoms with van der Waals surface area (Å²) in [5.41, 5.74) is 0.455. The highest BCUT2D eigenvalue weighted by atomic mass is 35.5. The molecule has 0 atom stereocenters. The number of rotatable bonds is 4. The third-order valence-corrected chi connectivity index (χ3v) is 3.08. The van der Waals surface area contributed by atoms with E-state index in [0.717, 1.165) is 0 Å². The largest absolute Gasteiger partial charge is 0.396 e. The quantitative estimate of drug-likeness (QED) is 0.795. The van der Waals surface area contributed by atoms with Gasteiger partial charge >= 0.3 is 0 Å². The van der Waals surface area contributed by atoms with Crippen molar-refractivity contribution in [2.24, 2.45) is 0 Å². The fraction of sp³-hybridized carbons (Fsp3) is 0.333. The van der Waals surface area contributed by atoms with Crippen molar-refractivity contribution in [1.29, 1.82) is 0 Å². The SMILES string of the molecule is O=S(=O)(O)c1cc(Cl)ccc1CCCO. The molecule has 15 heavy (non-hydrogen) atoms. The summed E-state index contributed by atoms with van der Waals surface area (Å²) in [6.45, 7) is -0.0342. The molecule has 0 heterocycles. The predicted molar refractivity (Wildman–Crippen MR) is 56.7 cm³/mol. The average molecular weight is 251 g/mol. The van der Waals surface area contributed by atoms with Crippen LogP contribution in [0.3, 0.4) is 0 Å². The monoisotopic (exact) mass is 250 g/mol. The van der Waals surface area contributed by atoms with Gasteiger partial charge in [0.05, 0.1) is 4.90 Å². The zero-order valence-corrected chi connectivity index (χ0v) is 9.42. The first kappa shape index (κ1) is 12.4.